The number of rotatable bonds is 3. The lowest BCUT2D eigenvalue weighted by Gasteiger charge is -2.15. The van der Waals surface area contributed by atoms with Crippen LogP contribution in [-0.2, 0) is 18.4 Å². The molecule has 152 valence electrons. The molecule has 5 nitrogen and oxygen atoms in total. The summed E-state index contributed by atoms with van der Waals surface area (Å²) in [5.41, 5.74) is 2.93. The fraction of sp³-hybridized carbons (Fsp3) is 0.261. The number of nitrogens with zero attached hydrogens (tertiary/aromatic N) is 2. The van der Waals surface area contributed by atoms with E-state index < -0.39 is 11.6 Å². The third kappa shape index (κ3) is 2.93. The molecule has 0 spiro atoms. The first-order valence-electron chi connectivity index (χ1n) is 9.72. The predicted molar refractivity (Wildman–Crippen MR) is 106 cm³/mol. The van der Waals surface area contributed by atoms with E-state index in [1.54, 1.807) is 0 Å². The molecule has 7 heteroatoms. The van der Waals surface area contributed by atoms with E-state index in [9.17, 15) is 13.6 Å². The second-order valence-corrected chi connectivity index (χ2v) is 8.27. The molecule has 0 saturated carbocycles. The lowest BCUT2D eigenvalue weighted by molar-refractivity contribution is 0.0964. The molecule has 1 aromatic heterocycles. The van der Waals surface area contributed by atoms with Crippen LogP contribution in [0, 0.1) is 11.6 Å². The van der Waals surface area contributed by atoms with Crippen LogP contribution in [0.1, 0.15) is 46.7 Å². The molecule has 0 fully saturated rings. The van der Waals surface area contributed by atoms with Crippen LogP contribution in [0.4, 0.5) is 8.78 Å². The number of benzene rings is 2. The smallest absolute Gasteiger partial charge is 0.255 e. The van der Waals surface area contributed by atoms with Gasteiger partial charge in [-0.25, -0.2) is 18.7 Å². The van der Waals surface area contributed by atoms with Crippen LogP contribution in [-0.4, -0.2) is 22.5 Å². The Kier molecular flexibility index (Phi) is 4.10. The molecule has 0 unspecified atom stereocenters. The van der Waals surface area contributed by atoms with Crippen molar-refractivity contribution in [2.24, 2.45) is 0 Å². The highest BCUT2D eigenvalue weighted by Crippen LogP contribution is 2.39. The summed E-state index contributed by atoms with van der Waals surface area (Å²) >= 11 is 0. The van der Waals surface area contributed by atoms with Crippen molar-refractivity contribution in [2.75, 3.05) is 6.61 Å². The van der Waals surface area contributed by atoms with Crippen molar-refractivity contribution >= 4 is 5.91 Å². The Balaban J connectivity index is 1.60. The monoisotopic (exact) mass is 407 g/mol. The van der Waals surface area contributed by atoms with Crippen LogP contribution in [0.15, 0.2) is 36.4 Å². The standard InChI is InChI=1S/C23H19F2N3O2/c1-23(2)11-30-18-9-12(6-7-13(18)23)8-16-20-17(10-26-22(20)29)28-21(27-16)19-14(24)4-3-5-15(19)25/h3-7,9H,8,10-11H2,1-2H3,(H,26,29). The van der Waals surface area contributed by atoms with Gasteiger partial charge in [-0.3, -0.25) is 4.79 Å². The first-order valence-corrected chi connectivity index (χ1v) is 9.72. The van der Waals surface area contributed by atoms with Crippen molar-refractivity contribution in [3.63, 3.8) is 0 Å². The van der Waals surface area contributed by atoms with E-state index in [0.717, 1.165) is 29.0 Å². The maximum Gasteiger partial charge on any atom is 0.255 e. The highest BCUT2D eigenvalue weighted by atomic mass is 19.1. The molecule has 3 heterocycles. The molecule has 5 rings (SSSR count). The summed E-state index contributed by atoms with van der Waals surface area (Å²) in [5.74, 6) is -1.01. The molecular formula is C23H19F2N3O2. The number of amides is 1. The summed E-state index contributed by atoms with van der Waals surface area (Å²) in [7, 11) is 0. The van der Waals surface area contributed by atoms with Crippen LogP contribution >= 0.6 is 0 Å². The number of aromatic nitrogens is 2. The SMILES string of the molecule is CC1(C)COc2cc(Cc3nc(-c4c(F)cccc4F)nc4c3C(=O)NC4)ccc21. The van der Waals surface area contributed by atoms with E-state index in [1.165, 1.54) is 6.07 Å². The van der Waals surface area contributed by atoms with Crippen LogP contribution in [0.2, 0.25) is 0 Å². The third-order valence-corrected chi connectivity index (χ3v) is 5.62. The number of ether oxygens (including phenoxy) is 1. The van der Waals surface area contributed by atoms with Gasteiger partial charge >= 0.3 is 0 Å². The molecule has 1 amide bonds. The van der Waals surface area contributed by atoms with Gasteiger partial charge in [0.25, 0.3) is 5.91 Å². The minimum atomic E-state index is -0.744. The van der Waals surface area contributed by atoms with Gasteiger partial charge in [-0.15, -0.1) is 0 Å². The zero-order valence-corrected chi connectivity index (χ0v) is 16.6. The van der Waals surface area contributed by atoms with Gasteiger partial charge < -0.3 is 10.1 Å². The van der Waals surface area contributed by atoms with Gasteiger partial charge in [0.1, 0.15) is 17.4 Å². The van der Waals surface area contributed by atoms with Crippen molar-refractivity contribution in [3.8, 4) is 17.1 Å². The fourth-order valence-corrected chi connectivity index (χ4v) is 4.04. The molecule has 0 bridgehead atoms. The molecule has 2 aromatic carbocycles. The summed E-state index contributed by atoms with van der Waals surface area (Å²) in [6.45, 7) is 5.05. The van der Waals surface area contributed by atoms with Crippen LogP contribution in [0.25, 0.3) is 11.4 Å². The molecule has 3 aromatic rings. The van der Waals surface area contributed by atoms with Crippen molar-refractivity contribution in [1.82, 2.24) is 15.3 Å². The summed E-state index contributed by atoms with van der Waals surface area (Å²) in [4.78, 5) is 21.1. The average molecular weight is 407 g/mol. The minimum absolute atomic E-state index is 0.0561. The number of nitrogens with one attached hydrogen (secondary N) is 1. The Morgan fingerprint density at radius 1 is 1.10 bits per heavy atom. The van der Waals surface area contributed by atoms with Crippen molar-refractivity contribution in [3.05, 3.63) is 76.1 Å². The zero-order chi connectivity index (χ0) is 21.0. The zero-order valence-electron chi connectivity index (χ0n) is 16.6. The predicted octanol–water partition coefficient (Wildman–Crippen LogP) is 3.93. The Morgan fingerprint density at radius 3 is 2.63 bits per heavy atom. The Hall–Kier alpha value is -3.35. The Morgan fingerprint density at radius 2 is 1.87 bits per heavy atom. The van der Waals surface area contributed by atoms with E-state index in [1.807, 2.05) is 18.2 Å². The van der Waals surface area contributed by atoms with Gasteiger partial charge in [0.05, 0.1) is 35.7 Å². The number of hydrogen-bond donors (Lipinski definition) is 1. The van der Waals surface area contributed by atoms with E-state index >= 15 is 0 Å². The summed E-state index contributed by atoms with van der Waals surface area (Å²) in [6, 6.07) is 9.56. The molecule has 0 radical (unpaired) electrons. The Bertz CT molecular complexity index is 1190. The molecule has 2 aliphatic rings. The number of hydrogen-bond acceptors (Lipinski definition) is 4. The van der Waals surface area contributed by atoms with Gasteiger partial charge in [0.15, 0.2) is 5.82 Å². The number of carbonyl (C=O) groups is 1. The quantitative estimate of drug-likeness (QED) is 0.715. The molecule has 0 aliphatic carbocycles. The maximum absolute atomic E-state index is 14.3. The number of carbonyl (C=O) groups excluding carboxylic acids is 1. The summed E-state index contributed by atoms with van der Waals surface area (Å²) < 4.78 is 34.5. The molecule has 2 aliphatic heterocycles. The lowest BCUT2D eigenvalue weighted by atomic mass is 9.86. The van der Waals surface area contributed by atoms with Gasteiger partial charge in [0, 0.05) is 17.4 Å². The van der Waals surface area contributed by atoms with E-state index in [4.69, 9.17) is 4.74 Å². The molecule has 0 saturated heterocycles. The largest absolute Gasteiger partial charge is 0.492 e. The van der Waals surface area contributed by atoms with E-state index in [0.29, 0.717) is 30.0 Å². The van der Waals surface area contributed by atoms with Crippen molar-refractivity contribution < 1.29 is 18.3 Å². The number of fused-ring (bicyclic) bond motifs is 2. The average Bonchev–Trinajstić information content (AvgIpc) is 3.21. The van der Waals surface area contributed by atoms with E-state index in [2.05, 4.69) is 29.1 Å². The second-order valence-electron chi connectivity index (χ2n) is 8.27. The molecule has 0 atom stereocenters. The summed E-state index contributed by atoms with van der Waals surface area (Å²) in [5, 5.41) is 2.72. The highest BCUT2D eigenvalue weighted by molar-refractivity contribution is 5.99. The van der Waals surface area contributed by atoms with Gasteiger partial charge in [0.2, 0.25) is 0 Å². The first-order chi connectivity index (χ1) is 14.3. The van der Waals surface area contributed by atoms with Gasteiger partial charge in [-0.05, 0) is 23.8 Å². The molecule has 30 heavy (non-hydrogen) atoms. The number of halogens is 2. The third-order valence-electron chi connectivity index (χ3n) is 5.62. The molecule has 1 N–H and O–H groups in total. The van der Waals surface area contributed by atoms with Crippen molar-refractivity contribution in [1.29, 1.82) is 0 Å². The van der Waals surface area contributed by atoms with E-state index in [-0.39, 0.29) is 29.3 Å². The highest BCUT2D eigenvalue weighted by Gasteiger charge is 2.32. The van der Waals surface area contributed by atoms with Crippen LogP contribution < -0.4 is 10.1 Å². The second kappa shape index (κ2) is 6.58. The van der Waals surface area contributed by atoms with Gasteiger partial charge in [-0.1, -0.05) is 32.0 Å². The topological polar surface area (TPSA) is 64.1 Å². The van der Waals surface area contributed by atoms with Crippen LogP contribution in [0.5, 0.6) is 5.75 Å². The Labute approximate surface area is 172 Å². The fourth-order valence-electron chi connectivity index (χ4n) is 4.04. The molecular weight excluding hydrogens is 388 g/mol. The first kappa shape index (κ1) is 18.7. The van der Waals surface area contributed by atoms with Crippen LogP contribution in [0.3, 0.4) is 0 Å². The van der Waals surface area contributed by atoms with Crippen molar-refractivity contribution in [2.45, 2.75) is 32.2 Å². The van der Waals surface area contributed by atoms with Gasteiger partial charge in [-0.2, -0.15) is 0 Å². The maximum atomic E-state index is 14.3. The minimum Gasteiger partial charge on any atom is -0.492 e. The normalized spacial score (nSPS) is 16.1. The summed E-state index contributed by atoms with van der Waals surface area (Å²) in [6.07, 6.45) is 0.318. The lowest BCUT2D eigenvalue weighted by Crippen LogP contribution is -2.18.